The van der Waals surface area contributed by atoms with Crippen LogP contribution in [-0.2, 0) is 0 Å². The van der Waals surface area contributed by atoms with Crippen molar-refractivity contribution in [2.45, 2.75) is 88.9 Å². The number of thioether (sulfide) groups is 1. The van der Waals surface area contributed by atoms with Crippen LogP contribution < -0.4 is 0 Å². The molecule has 1 fully saturated rings. The predicted octanol–water partition coefficient (Wildman–Crippen LogP) is 4.77. The minimum Gasteiger partial charge on any atom is -0.392 e. The van der Waals surface area contributed by atoms with Crippen LogP contribution >= 0.6 is 11.8 Å². The van der Waals surface area contributed by atoms with E-state index in [1.54, 1.807) is 0 Å². The van der Waals surface area contributed by atoms with Gasteiger partial charge in [-0.2, -0.15) is 11.8 Å². The van der Waals surface area contributed by atoms with Crippen molar-refractivity contribution in [1.29, 1.82) is 0 Å². The van der Waals surface area contributed by atoms with Gasteiger partial charge in [0.15, 0.2) is 0 Å². The van der Waals surface area contributed by atoms with Crippen LogP contribution in [-0.4, -0.2) is 22.2 Å². The molecular formula is C15H30OS. The van der Waals surface area contributed by atoms with Gasteiger partial charge in [0, 0.05) is 5.25 Å². The average molecular weight is 258 g/mol. The second kappa shape index (κ2) is 10.3. The van der Waals surface area contributed by atoms with Crippen LogP contribution in [0.2, 0.25) is 0 Å². The molecule has 2 unspecified atom stereocenters. The van der Waals surface area contributed by atoms with Crippen molar-refractivity contribution in [2.24, 2.45) is 0 Å². The zero-order valence-corrected chi connectivity index (χ0v) is 12.3. The number of hydrogen-bond acceptors (Lipinski definition) is 2. The Kier molecular flexibility index (Phi) is 9.27. The van der Waals surface area contributed by atoms with Gasteiger partial charge in [-0.3, -0.25) is 0 Å². The third-order valence-electron chi connectivity index (χ3n) is 3.75. The van der Waals surface area contributed by atoms with E-state index in [1.165, 1.54) is 70.0 Å². The van der Waals surface area contributed by atoms with E-state index >= 15 is 0 Å². The molecule has 2 heteroatoms. The third-order valence-corrected chi connectivity index (χ3v) is 5.25. The molecule has 0 saturated carbocycles. The van der Waals surface area contributed by atoms with Crippen molar-refractivity contribution >= 4 is 11.8 Å². The van der Waals surface area contributed by atoms with Gasteiger partial charge in [0.1, 0.15) is 0 Å². The summed E-state index contributed by atoms with van der Waals surface area (Å²) in [4.78, 5) is 0. The first kappa shape index (κ1) is 15.4. The molecule has 102 valence electrons. The third kappa shape index (κ3) is 7.35. The first-order valence-corrected chi connectivity index (χ1v) is 8.69. The minimum absolute atomic E-state index is 0.0254. The fraction of sp³-hybridized carbons (Fsp3) is 1.00. The summed E-state index contributed by atoms with van der Waals surface area (Å²) >= 11 is 1.98. The van der Waals surface area contributed by atoms with E-state index in [0.29, 0.717) is 5.25 Å². The van der Waals surface area contributed by atoms with Crippen molar-refractivity contribution in [3.05, 3.63) is 0 Å². The number of aliphatic hydroxyl groups excluding tert-OH is 1. The summed E-state index contributed by atoms with van der Waals surface area (Å²) in [6, 6.07) is 0. The van der Waals surface area contributed by atoms with Gasteiger partial charge in [-0.1, -0.05) is 58.3 Å². The van der Waals surface area contributed by atoms with Crippen LogP contribution in [0, 0.1) is 0 Å². The van der Waals surface area contributed by atoms with E-state index in [0.717, 1.165) is 6.42 Å². The predicted molar refractivity (Wildman–Crippen MR) is 78.7 cm³/mol. The van der Waals surface area contributed by atoms with Crippen molar-refractivity contribution in [1.82, 2.24) is 0 Å². The maximum Gasteiger partial charge on any atom is 0.0658 e. The molecule has 1 nitrogen and oxygen atoms in total. The maximum atomic E-state index is 10.0. The molecule has 1 aliphatic heterocycles. The van der Waals surface area contributed by atoms with Crippen molar-refractivity contribution in [3.63, 3.8) is 0 Å². The van der Waals surface area contributed by atoms with Crippen molar-refractivity contribution in [2.75, 3.05) is 5.75 Å². The molecule has 1 N–H and O–H groups in total. The number of aliphatic hydroxyl groups is 1. The Bertz CT molecular complexity index is 166. The zero-order chi connectivity index (χ0) is 12.3. The van der Waals surface area contributed by atoms with Gasteiger partial charge in [-0.15, -0.1) is 0 Å². The highest BCUT2D eigenvalue weighted by Gasteiger charge is 2.22. The second-order valence-electron chi connectivity index (χ2n) is 5.38. The lowest BCUT2D eigenvalue weighted by Gasteiger charge is -2.16. The smallest absolute Gasteiger partial charge is 0.0658 e. The Morgan fingerprint density at radius 2 is 1.71 bits per heavy atom. The van der Waals surface area contributed by atoms with Crippen molar-refractivity contribution < 1.29 is 5.11 Å². The Hall–Kier alpha value is 0.310. The summed E-state index contributed by atoms with van der Waals surface area (Å²) in [5, 5.41) is 10.6. The minimum atomic E-state index is -0.0254. The van der Waals surface area contributed by atoms with Crippen LogP contribution in [0.4, 0.5) is 0 Å². The molecule has 0 aromatic rings. The van der Waals surface area contributed by atoms with E-state index in [-0.39, 0.29) is 6.10 Å². The normalized spacial score (nSPS) is 21.9. The Morgan fingerprint density at radius 1 is 1.06 bits per heavy atom. The number of hydrogen-bond donors (Lipinski definition) is 1. The van der Waals surface area contributed by atoms with Gasteiger partial charge >= 0.3 is 0 Å². The summed E-state index contributed by atoms with van der Waals surface area (Å²) in [6.45, 7) is 2.27. The zero-order valence-electron chi connectivity index (χ0n) is 11.5. The topological polar surface area (TPSA) is 20.2 Å². The summed E-state index contributed by atoms with van der Waals surface area (Å²) in [7, 11) is 0. The lowest BCUT2D eigenvalue weighted by molar-refractivity contribution is 0.156. The molecule has 1 heterocycles. The van der Waals surface area contributed by atoms with Crippen LogP contribution in [0.25, 0.3) is 0 Å². The summed E-state index contributed by atoms with van der Waals surface area (Å²) in [5.41, 5.74) is 0. The Labute approximate surface area is 112 Å². The molecule has 0 radical (unpaired) electrons. The SMILES string of the molecule is CCCCCCCCCCC(O)C1CCCS1. The molecule has 0 aromatic carbocycles. The second-order valence-corrected chi connectivity index (χ2v) is 6.73. The van der Waals surface area contributed by atoms with Gasteiger partial charge in [0.25, 0.3) is 0 Å². The van der Waals surface area contributed by atoms with Gasteiger partial charge < -0.3 is 5.11 Å². The van der Waals surface area contributed by atoms with Crippen molar-refractivity contribution in [3.8, 4) is 0 Å². The highest BCUT2D eigenvalue weighted by atomic mass is 32.2. The molecule has 1 saturated heterocycles. The molecule has 0 bridgehead atoms. The van der Waals surface area contributed by atoms with Crippen LogP contribution in [0.15, 0.2) is 0 Å². The number of rotatable bonds is 10. The van der Waals surface area contributed by atoms with E-state index in [2.05, 4.69) is 6.92 Å². The van der Waals surface area contributed by atoms with Gasteiger partial charge in [-0.25, -0.2) is 0 Å². The lowest BCUT2D eigenvalue weighted by atomic mass is 10.0. The number of unbranched alkanes of at least 4 members (excludes halogenated alkanes) is 7. The van der Waals surface area contributed by atoms with Crippen LogP contribution in [0.3, 0.4) is 0 Å². The monoisotopic (exact) mass is 258 g/mol. The van der Waals surface area contributed by atoms with E-state index < -0.39 is 0 Å². The van der Waals surface area contributed by atoms with E-state index in [4.69, 9.17) is 0 Å². The summed E-state index contributed by atoms with van der Waals surface area (Å²) < 4.78 is 0. The quantitative estimate of drug-likeness (QED) is 0.569. The Balaban J connectivity index is 1.83. The van der Waals surface area contributed by atoms with E-state index in [1.807, 2.05) is 11.8 Å². The molecule has 1 rings (SSSR count). The lowest BCUT2D eigenvalue weighted by Crippen LogP contribution is -2.20. The van der Waals surface area contributed by atoms with E-state index in [9.17, 15) is 5.11 Å². The Morgan fingerprint density at radius 3 is 2.29 bits per heavy atom. The maximum absolute atomic E-state index is 10.0. The first-order chi connectivity index (χ1) is 8.34. The molecule has 0 spiro atoms. The molecule has 1 aliphatic rings. The summed E-state index contributed by atoms with van der Waals surface area (Å²) in [6.07, 6.45) is 14.4. The van der Waals surface area contributed by atoms with Gasteiger partial charge in [0.05, 0.1) is 6.10 Å². The molecule has 0 amide bonds. The van der Waals surface area contributed by atoms with Crippen LogP contribution in [0.5, 0.6) is 0 Å². The molecule has 0 aliphatic carbocycles. The van der Waals surface area contributed by atoms with Gasteiger partial charge in [0.2, 0.25) is 0 Å². The first-order valence-electron chi connectivity index (χ1n) is 7.64. The van der Waals surface area contributed by atoms with Gasteiger partial charge in [-0.05, 0) is 25.0 Å². The summed E-state index contributed by atoms with van der Waals surface area (Å²) in [5.74, 6) is 1.26. The highest BCUT2D eigenvalue weighted by Crippen LogP contribution is 2.30. The molecule has 2 atom stereocenters. The van der Waals surface area contributed by atoms with Crippen LogP contribution in [0.1, 0.15) is 77.6 Å². The molecule has 0 aromatic heterocycles. The fourth-order valence-electron chi connectivity index (χ4n) is 2.58. The molecular weight excluding hydrogens is 228 g/mol. The highest BCUT2D eigenvalue weighted by molar-refractivity contribution is 8.00. The molecule has 17 heavy (non-hydrogen) atoms. The fourth-order valence-corrected chi connectivity index (χ4v) is 3.91. The standard InChI is InChI=1S/C15H30OS/c1-2-3-4-5-6-7-8-9-11-14(16)15-12-10-13-17-15/h14-16H,2-13H2,1H3. The largest absolute Gasteiger partial charge is 0.392 e. The average Bonchev–Trinajstić information content (AvgIpc) is 2.86.